The molecule has 174 valence electrons. The van der Waals surface area contributed by atoms with Crippen molar-refractivity contribution in [2.24, 2.45) is 7.05 Å². The second-order valence-corrected chi connectivity index (χ2v) is 7.33. The molecular weight excluding hydrogens is 436 g/mol. The second kappa shape index (κ2) is 10.1. The van der Waals surface area contributed by atoms with Gasteiger partial charge < -0.3 is 19.9 Å². The number of hydrogen-bond acceptors (Lipinski definition) is 5. The van der Waals surface area contributed by atoms with Gasteiger partial charge >= 0.3 is 12.6 Å². The van der Waals surface area contributed by atoms with Gasteiger partial charge in [0.2, 0.25) is 5.88 Å². The fourth-order valence-electron chi connectivity index (χ4n) is 3.29. The minimum Gasteiger partial charge on any atom is -0.478 e. The molecule has 3 rings (SSSR count). The molecule has 0 aliphatic rings. The molecule has 2 aromatic carbocycles. The van der Waals surface area contributed by atoms with E-state index in [1.807, 2.05) is 0 Å². The number of rotatable bonds is 9. The SMILES string of the molecule is Cc1nn(C)c(OCc2cccc(OC(F)F)c2)c1C(=O)N[C@@H](C)c1ccc(C(=O)O)cc1. The summed E-state index contributed by atoms with van der Waals surface area (Å²) >= 11 is 0. The number of hydrogen-bond donors (Lipinski definition) is 2. The third kappa shape index (κ3) is 5.85. The van der Waals surface area contributed by atoms with Gasteiger partial charge in [-0.3, -0.25) is 4.79 Å². The normalized spacial score (nSPS) is 11.8. The van der Waals surface area contributed by atoms with Crippen LogP contribution in [0.1, 0.15) is 50.5 Å². The number of aryl methyl sites for hydroxylation is 2. The highest BCUT2D eigenvalue weighted by Crippen LogP contribution is 2.25. The second-order valence-electron chi connectivity index (χ2n) is 7.33. The number of nitrogens with zero attached hydrogens (tertiary/aromatic N) is 2. The maximum Gasteiger partial charge on any atom is 0.387 e. The Bertz CT molecular complexity index is 1150. The largest absolute Gasteiger partial charge is 0.478 e. The van der Waals surface area contributed by atoms with Crippen LogP contribution in [0.15, 0.2) is 48.5 Å². The summed E-state index contributed by atoms with van der Waals surface area (Å²) in [5.74, 6) is -1.22. The van der Waals surface area contributed by atoms with Crippen molar-refractivity contribution in [3.8, 4) is 11.6 Å². The first-order valence-corrected chi connectivity index (χ1v) is 10.00. The molecule has 0 fully saturated rings. The Morgan fingerprint density at radius 2 is 1.88 bits per heavy atom. The summed E-state index contributed by atoms with van der Waals surface area (Å²) in [4.78, 5) is 24.0. The first-order chi connectivity index (χ1) is 15.7. The summed E-state index contributed by atoms with van der Waals surface area (Å²) < 4.78 is 36.5. The molecule has 2 N–H and O–H groups in total. The molecule has 0 spiro atoms. The summed E-state index contributed by atoms with van der Waals surface area (Å²) in [5.41, 5.74) is 2.15. The van der Waals surface area contributed by atoms with Crippen LogP contribution in [-0.2, 0) is 13.7 Å². The minimum atomic E-state index is -2.93. The van der Waals surface area contributed by atoms with E-state index in [1.54, 1.807) is 45.2 Å². The van der Waals surface area contributed by atoms with Crippen LogP contribution in [0.3, 0.4) is 0 Å². The molecule has 1 amide bonds. The highest BCUT2D eigenvalue weighted by molar-refractivity contribution is 5.97. The molecule has 1 atom stereocenters. The number of alkyl halides is 2. The Kier molecular flexibility index (Phi) is 7.27. The van der Waals surface area contributed by atoms with Crippen LogP contribution in [0.4, 0.5) is 8.78 Å². The zero-order chi connectivity index (χ0) is 24.1. The standard InChI is InChI=1S/C23H23F2N3O5/c1-13(16-7-9-17(10-8-16)22(30)31)26-20(29)19-14(2)27-28(3)21(19)32-12-15-5-4-6-18(11-15)33-23(24)25/h4-11,13,23H,12H2,1-3H3,(H,26,29)(H,30,31)/t13-/m0/s1. The van der Waals surface area contributed by atoms with Gasteiger partial charge in [-0.1, -0.05) is 24.3 Å². The number of aromatic carboxylic acids is 1. The maximum atomic E-state index is 13.0. The molecule has 1 aromatic heterocycles. The molecule has 0 radical (unpaired) electrons. The average molecular weight is 459 g/mol. The third-order valence-corrected chi connectivity index (χ3v) is 4.90. The van der Waals surface area contributed by atoms with Crippen molar-refractivity contribution >= 4 is 11.9 Å². The summed E-state index contributed by atoms with van der Waals surface area (Å²) in [6, 6.07) is 11.9. The van der Waals surface area contributed by atoms with Crippen molar-refractivity contribution in [2.45, 2.75) is 33.1 Å². The molecular formula is C23H23F2N3O5. The molecule has 33 heavy (non-hydrogen) atoms. The maximum absolute atomic E-state index is 13.0. The Morgan fingerprint density at radius 3 is 2.52 bits per heavy atom. The number of ether oxygens (including phenoxy) is 2. The molecule has 0 aliphatic carbocycles. The number of nitrogens with one attached hydrogen (secondary N) is 1. The quantitative estimate of drug-likeness (QED) is 0.500. The number of aromatic nitrogens is 2. The van der Waals surface area contributed by atoms with Crippen LogP contribution < -0.4 is 14.8 Å². The lowest BCUT2D eigenvalue weighted by molar-refractivity contribution is -0.0499. The van der Waals surface area contributed by atoms with Crippen molar-refractivity contribution in [2.75, 3.05) is 0 Å². The number of carbonyl (C=O) groups is 2. The van der Waals surface area contributed by atoms with Crippen molar-refractivity contribution < 1.29 is 33.0 Å². The van der Waals surface area contributed by atoms with Crippen molar-refractivity contribution in [1.82, 2.24) is 15.1 Å². The van der Waals surface area contributed by atoms with E-state index in [0.717, 1.165) is 5.56 Å². The zero-order valence-electron chi connectivity index (χ0n) is 18.2. The van der Waals surface area contributed by atoms with E-state index in [4.69, 9.17) is 9.84 Å². The summed E-state index contributed by atoms with van der Waals surface area (Å²) in [6.45, 7) is 0.518. The number of amides is 1. The monoisotopic (exact) mass is 459 g/mol. The molecule has 8 nitrogen and oxygen atoms in total. The molecule has 0 saturated carbocycles. The van der Waals surface area contributed by atoms with Gasteiger partial charge in [0.1, 0.15) is 17.9 Å². The third-order valence-electron chi connectivity index (χ3n) is 4.90. The van der Waals surface area contributed by atoms with Gasteiger partial charge in [0.05, 0.1) is 17.3 Å². The summed E-state index contributed by atoms with van der Waals surface area (Å²) in [6.07, 6.45) is 0. The van der Waals surface area contributed by atoms with Crippen LogP contribution in [0, 0.1) is 6.92 Å². The number of carbonyl (C=O) groups excluding carboxylic acids is 1. The topological polar surface area (TPSA) is 103 Å². The smallest absolute Gasteiger partial charge is 0.387 e. The average Bonchev–Trinajstić information content (AvgIpc) is 3.04. The molecule has 0 aliphatic heterocycles. The van der Waals surface area contributed by atoms with Crippen LogP contribution in [-0.4, -0.2) is 33.4 Å². The number of halogens is 2. The molecule has 3 aromatic rings. The Balaban J connectivity index is 1.73. The molecule has 10 heteroatoms. The van der Waals surface area contributed by atoms with E-state index in [9.17, 15) is 18.4 Å². The first kappa shape index (κ1) is 23.7. The van der Waals surface area contributed by atoms with E-state index in [0.29, 0.717) is 11.3 Å². The molecule has 0 saturated heterocycles. The fraction of sp³-hybridized carbons (Fsp3) is 0.261. The van der Waals surface area contributed by atoms with Crippen molar-refractivity contribution in [1.29, 1.82) is 0 Å². The van der Waals surface area contributed by atoms with Gasteiger partial charge in [0.15, 0.2) is 0 Å². The lowest BCUT2D eigenvalue weighted by Gasteiger charge is -2.16. The molecule has 1 heterocycles. The lowest BCUT2D eigenvalue weighted by Crippen LogP contribution is -2.27. The number of carboxylic acid groups (broad SMARTS) is 1. The van der Waals surface area contributed by atoms with Crippen molar-refractivity contribution in [3.05, 3.63) is 76.5 Å². The fourth-order valence-corrected chi connectivity index (χ4v) is 3.29. The molecule has 0 unspecified atom stereocenters. The van der Waals surface area contributed by atoms with Gasteiger partial charge in [0.25, 0.3) is 5.91 Å². The van der Waals surface area contributed by atoms with E-state index in [-0.39, 0.29) is 29.4 Å². The first-order valence-electron chi connectivity index (χ1n) is 10.00. The Morgan fingerprint density at radius 1 is 1.18 bits per heavy atom. The predicted octanol–water partition coefficient (Wildman–Crippen LogP) is 4.10. The highest BCUT2D eigenvalue weighted by atomic mass is 19.3. The van der Waals surface area contributed by atoms with E-state index in [2.05, 4.69) is 15.2 Å². The van der Waals surface area contributed by atoms with Crippen LogP contribution in [0.2, 0.25) is 0 Å². The Hall–Kier alpha value is -3.95. The van der Waals surface area contributed by atoms with E-state index >= 15 is 0 Å². The Labute approximate surface area is 188 Å². The summed E-state index contributed by atoms with van der Waals surface area (Å²) in [5, 5.41) is 16.1. The van der Waals surface area contributed by atoms with Crippen LogP contribution in [0.5, 0.6) is 11.6 Å². The predicted molar refractivity (Wildman–Crippen MR) is 115 cm³/mol. The molecule has 0 bridgehead atoms. The van der Waals surface area contributed by atoms with Gasteiger partial charge in [-0.25, -0.2) is 9.48 Å². The van der Waals surface area contributed by atoms with Crippen LogP contribution >= 0.6 is 0 Å². The minimum absolute atomic E-state index is 0.00585. The lowest BCUT2D eigenvalue weighted by atomic mass is 10.1. The van der Waals surface area contributed by atoms with Crippen LogP contribution in [0.25, 0.3) is 0 Å². The highest BCUT2D eigenvalue weighted by Gasteiger charge is 2.23. The zero-order valence-corrected chi connectivity index (χ0v) is 18.2. The van der Waals surface area contributed by atoms with Gasteiger partial charge in [0, 0.05) is 7.05 Å². The van der Waals surface area contributed by atoms with Gasteiger partial charge in [-0.15, -0.1) is 0 Å². The van der Waals surface area contributed by atoms with Gasteiger partial charge in [-0.05, 0) is 49.2 Å². The number of carboxylic acids is 1. The number of benzene rings is 2. The summed E-state index contributed by atoms with van der Waals surface area (Å²) in [7, 11) is 1.63. The van der Waals surface area contributed by atoms with Gasteiger partial charge in [-0.2, -0.15) is 13.9 Å². The van der Waals surface area contributed by atoms with E-state index < -0.39 is 24.5 Å². The van der Waals surface area contributed by atoms with Crippen molar-refractivity contribution in [3.63, 3.8) is 0 Å². The van der Waals surface area contributed by atoms with E-state index in [1.165, 1.54) is 28.9 Å².